The molecule has 1 aromatic heterocycles. The van der Waals surface area contributed by atoms with Crippen molar-refractivity contribution >= 4 is 22.8 Å². The van der Waals surface area contributed by atoms with E-state index in [0.29, 0.717) is 33.7 Å². The first-order valence-corrected chi connectivity index (χ1v) is 10.9. The standard InChI is InChI=1S/C27H22N2O5/c1-17(26(30)28-15-18-11-12-24-25(13-18)33-16-32-24)34-27(31)21-14-23(19-7-3-2-4-8-19)29-22-10-6-5-9-20(21)22/h2-14,17H,15-16H2,1H3,(H,28,30)/t17-/m0/s1. The van der Waals surface area contributed by atoms with Gasteiger partial charge in [0.2, 0.25) is 6.79 Å². The Bertz CT molecular complexity index is 1370. The lowest BCUT2D eigenvalue weighted by molar-refractivity contribution is -0.129. The van der Waals surface area contributed by atoms with Crippen molar-refractivity contribution in [2.75, 3.05) is 6.79 Å². The van der Waals surface area contributed by atoms with Gasteiger partial charge >= 0.3 is 5.97 Å². The second-order valence-corrected chi connectivity index (χ2v) is 7.89. The lowest BCUT2D eigenvalue weighted by Crippen LogP contribution is -2.35. The molecule has 1 amide bonds. The fraction of sp³-hybridized carbons (Fsp3) is 0.148. The molecule has 0 saturated carbocycles. The highest BCUT2D eigenvalue weighted by Crippen LogP contribution is 2.32. The van der Waals surface area contributed by atoms with Gasteiger partial charge in [0.05, 0.1) is 16.8 Å². The van der Waals surface area contributed by atoms with E-state index in [2.05, 4.69) is 10.3 Å². The SMILES string of the molecule is C[C@H](OC(=O)c1cc(-c2ccccc2)nc2ccccc12)C(=O)NCc1ccc2c(c1)OCO2. The first kappa shape index (κ1) is 21.5. The summed E-state index contributed by atoms with van der Waals surface area (Å²) in [5, 5.41) is 3.46. The molecular weight excluding hydrogens is 432 g/mol. The molecule has 0 saturated heterocycles. The number of rotatable bonds is 6. The number of hydrogen-bond acceptors (Lipinski definition) is 6. The fourth-order valence-corrected chi connectivity index (χ4v) is 3.76. The number of nitrogens with zero attached hydrogens (tertiary/aromatic N) is 1. The Labute approximate surface area is 196 Å². The van der Waals surface area contributed by atoms with Crippen molar-refractivity contribution in [1.29, 1.82) is 0 Å². The Kier molecular flexibility index (Phi) is 5.82. The molecule has 1 aliphatic heterocycles. The van der Waals surface area contributed by atoms with Gasteiger partial charge in [0, 0.05) is 17.5 Å². The van der Waals surface area contributed by atoms with Crippen LogP contribution in [0.3, 0.4) is 0 Å². The largest absolute Gasteiger partial charge is 0.454 e. The van der Waals surface area contributed by atoms with Crippen molar-refractivity contribution in [2.24, 2.45) is 0 Å². The fourth-order valence-electron chi connectivity index (χ4n) is 3.76. The summed E-state index contributed by atoms with van der Waals surface area (Å²) in [4.78, 5) is 30.4. The number of fused-ring (bicyclic) bond motifs is 2. The summed E-state index contributed by atoms with van der Waals surface area (Å²) >= 11 is 0. The van der Waals surface area contributed by atoms with E-state index < -0.39 is 18.0 Å². The number of aromatic nitrogens is 1. The third-order valence-electron chi connectivity index (χ3n) is 5.56. The summed E-state index contributed by atoms with van der Waals surface area (Å²) in [5.74, 6) is 0.344. The Morgan fingerprint density at radius 1 is 0.971 bits per heavy atom. The van der Waals surface area contributed by atoms with Gasteiger partial charge in [0.15, 0.2) is 17.6 Å². The summed E-state index contributed by atoms with van der Waals surface area (Å²) < 4.78 is 16.2. The van der Waals surface area contributed by atoms with Gasteiger partial charge in [-0.3, -0.25) is 4.79 Å². The minimum absolute atomic E-state index is 0.188. The average Bonchev–Trinajstić information content (AvgIpc) is 3.35. The molecule has 3 aromatic carbocycles. The van der Waals surface area contributed by atoms with Crippen LogP contribution < -0.4 is 14.8 Å². The molecule has 0 unspecified atom stereocenters. The molecule has 0 fully saturated rings. The van der Waals surface area contributed by atoms with E-state index >= 15 is 0 Å². The molecular formula is C27H22N2O5. The molecule has 2 heterocycles. The van der Waals surface area contributed by atoms with Crippen LogP contribution in [0.5, 0.6) is 11.5 Å². The lowest BCUT2D eigenvalue weighted by atomic mass is 10.0. The van der Waals surface area contributed by atoms with Crippen LogP contribution in [0.4, 0.5) is 0 Å². The van der Waals surface area contributed by atoms with Crippen LogP contribution >= 0.6 is 0 Å². The van der Waals surface area contributed by atoms with Gasteiger partial charge in [-0.25, -0.2) is 9.78 Å². The van der Waals surface area contributed by atoms with E-state index in [1.807, 2.05) is 66.7 Å². The summed E-state index contributed by atoms with van der Waals surface area (Å²) in [6.45, 7) is 2.01. The van der Waals surface area contributed by atoms with Gasteiger partial charge in [-0.2, -0.15) is 0 Å². The zero-order valence-electron chi connectivity index (χ0n) is 18.5. The van der Waals surface area contributed by atoms with E-state index in [9.17, 15) is 9.59 Å². The Morgan fingerprint density at radius 2 is 1.74 bits per heavy atom. The van der Waals surface area contributed by atoms with Crippen LogP contribution in [-0.2, 0) is 16.1 Å². The van der Waals surface area contributed by atoms with Crippen molar-refractivity contribution in [3.05, 3.63) is 90.0 Å². The number of carbonyl (C=O) groups is 2. The van der Waals surface area contributed by atoms with Gasteiger partial charge in [0.25, 0.3) is 5.91 Å². The van der Waals surface area contributed by atoms with Crippen molar-refractivity contribution in [3.63, 3.8) is 0 Å². The minimum Gasteiger partial charge on any atom is -0.454 e. The van der Waals surface area contributed by atoms with Crippen LogP contribution in [0.2, 0.25) is 0 Å². The van der Waals surface area contributed by atoms with Crippen molar-refractivity contribution in [2.45, 2.75) is 19.6 Å². The highest BCUT2D eigenvalue weighted by molar-refractivity contribution is 6.05. The van der Waals surface area contributed by atoms with E-state index in [4.69, 9.17) is 14.2 Å². The number of nitrogens with one attached hydrogen (secondary N) is 1. The molecule has 170 valence electrons. The van der Waals surface area contributed by atoms with Crippen molar-refractivity contribution in [3.8, 4) is 22.8 Å². The number of ether oxygens (including phenoxy) is 3. The zero-order valence-corrected chi connectivity index (χ0v) is 18.5. The van der Waals surface area contributed by atoms with E-state index in [1.165, 1.54) is 0 Å². The normalized spacial score (nSPS) is 12.9. The van der Waals surface area contributed by atoms with Gasteiger partial charge in [0.1, 0.15) is 0 Å². The third-order valence-corrected chi connectivity index (χ3v) is 5.56. The van der Waals surface area contributed by atoms with E-state index in [1.54, 1.807) is 19.1 Å². The smallest absolute Gasteiger partial charge is 0.339 e. The van der Waals surface area contributed by atoms with E-state index in [0.717, 1.165) is 11.1 Å². The molecule has 1 aliphatic rings. The summed E-state index contributed by atoms with van der Waals surface area (Å²) in [7, 11) is 0. The first-order chi connectivity index (χ1) is 16.6. The van der Waals surface area contributed by atoms with Crippen LogP contribution in [0, 0.1) is 0 Å². The number of benzene rings is 3. The monoisotopic (exact) mass is 454 g/mol. The van der Waals surface area contributed by atoms with Crippen LogP contribution in [0.1, 0.15) is 22.8 Å². The Hall–Kier alpha value is -4.39. The van der Waals surface area contributed by atoms with Crippen LogP contribution in [0.15, 0.2) is 78.9 Å². The molecule has 1 N–H and O–H groups in total. The molecule has 7 heteroatoms. The maximum atomic E-state index is 13.1. The third kappa shape index (κ3) is 4.41. The quantitative estimate of drug-likeness (QED) is 0.432. The number of pyridine rings is 1. The van der Waals surface area contributed by atoms with Crippen LogP contribution in [-0.4, -0.2) is 29.8 Å². The molecule has 34 heavy (non-hydrogen) atoms. The van der Waals surface area contributed by atoms with Gasteiger partial charge in [-0.1, -0.05) is 54.6 Å². The maximum absolute atomic E-state index is 13.1. The average molecular weight is 454 g/mol. The second kappa shape index (κ2) is 9.23. The summed E-state index contributed by atoms with van der Waals surface area (Å²) in [6, 6.07) is 24.1. The highest BCUT2D eigenvalue weighted by Gasteiger charge is 2.22. The number of para-hydroxylation sites is 1. The molecule has 0 aliphatic carbocycles. The number of amides is 1. The molecule has 7 nitrogen and oxygen atoms in total. The van der Waals surface area contributed by atoms with E-state index in [-0.39, 0.29) is 13.3 Å². The van der Waals surface area contributed by atoms with Gasteiger partial charge in [-0.15, -0.1) is 0 Å². The second-order valence-electron chi connectivity index (χ2n) is 7.89. The molecule has 1 atom stereocenters. The highest BCUT2D eigenvalue weighted by atomic mass is 16.7. The first-order valence-electron chi connectivity index (χ1n) is 10.9. The van der Waals surface area contributed by atoms with Crippen molar-refractivity contribution < 1.29 is 23.8 Å². The molecule has 0 spiro atoms. The maximum Gasteiger partial charge on any atom is 0.339 e. The zero-order chi connectivity index (χ0) is 23.5. The molecule has 4 aromatic rings. The number of esters is 1. The van der Waals surface area contributed by atoms with Crippen molar-refractivity contribution in [1.82, 2.24) is 10.3 Å². The molecule has 5 rings (SSSR count). The molecule has 0 radical (unpaired) electrons. The molecule has 0 bridgehead atoms. The Morgan fingerprint density at radius 3 is 2.59 bits per heavy atom. The summed E-state index contributed by atoms with van der Waals surface area (Å²) in [6.07, 6.45) is -0.978. The van der Waals surface area contributed by atoms with Gasteiger partial charge in [-0.05, 0) is 36.8 Å². The summed E-state index contributed by atoms with van der Waals surface area (Å²) in [5.41, 5.74) is 3.43. The number of hydrogen-bond donors (Lipinski definition) is 1. The lowest BCUT2D eigenvalue weighted by Gasteiger charge is -2.15. The topological polar surface area (TPSA) is 86.8 Å². The Balaban J connectivity index is 1.31. The van der Waals surface area contributed by atoms with Gasteiger partial charge < -0.3 is 19.5 Å². The van der Waals surface area contributed by atoms with Crippen LogP contribution in [0.25, 0.3) is 22.2 Å². The minimum atomic E-state index is -0.978. The predicted molar refractivity (Wildman–Crippen MR) is 126 cm³/mol. The predicted octanol–water partition coefficient (Wildman–Crippen LogP) is 4.49. The number of carbonyl (C=O) groups excluding carboxylic acids is 2.